The number of carbonyl (C=O) groups excluding carboxylic acids is 1. The predicted octanol–water partition coefficient (Wildman–Crippen LogP) is 2.70. The average molecular weight is 391 g/mol. The van der Waals surface area contributed by atoms with Crippen molar-refractivity contribution in [2.24, 2.45) is 0 Å². The van der Waals surface area contributed by atoms with E-state index in [0.717, 1.165) is 17.5 Å². The number of piperazine rings is 1. The standard InChI is InChI=1S/C22H25N5O2/c1-2-20-24-25-22(29-20)27-13-11-26(12-14-27)21(28)19(18-8-4-3-5-9-18)15-17-7-6-10-23-16-17/h3-10,16,19H,2,11-15H2,1H3. The third kappa shape index (κ3) is 4.45. The maximum atomic E-state index is 13.4. The molecule has 7 nitrogen and oxygen atoms in total. The van der Waals surface area contributed by atoms with Gasteiger partial charge in [-0.25, -0.2) is 0 Å². The minimum absolute atomic E-state index is 0.152. The summed E-state index contributed by atoms with van der Waals surface area (Å²) < 4.78 is 5.66. The third-order valence-corrected chi connectivity index (χ3v) is 5.28. The number of carbonyl (C=O) groups is 1. The largest absolute Gasteiger partial charge is 0.408 e. The molecule has 1 aromatic carbocycles. The molecule has 1 aliphatic heterocycles. The van der Waals surface area contributed by atoms with Crippen molar-refractivity contribution in [2.45, 2.75) is 25.7 Å². The van der Waals surface area contributed by atoms with Crippen molar-refractivity contribution in [2.75, 3.05) is 31.1 Å². The van der Waals surface area contributed by atoms with Crippen LogP contribution in [0.25, 0.3) is 0 Å². The first kappa shape index (κ1) is 19.1. The first-order valence-corrected chi connectivity index (χ1v) is 10.0. The van der Waals surface area contributed by atoms with Gasteiger partial charge in [-0.2, -0.15) is 0 Å². The van der Waals surface area contributed by atoms with Crippen LogP contribution in [0.4, 0.5) is 6.01 Å². The fraction of sp³-hybridized carbons (Fsp3) is 0.364. The molecule has 1 amide bonds. The highest BCUT2D eigenvalue weighted by molar-refractivity contribution is 5.84. The molecule has 0 aliphatic carbocycles. The van der Waals surface area contributed by atoms with Crippen LogP contribution in [-0.4, -0.2) is 52.2 Å². The van der Waals surface area contributed by atoms with Gasteiger partial charge in [0, 0.05) is 45.0 Å². The number of aryl methyl sites for hydroxylation is 1. The summed E-state index contributed by atoms with van der Waals surface area (Å²) in [6, 6.07) is 14.5. The van der Waals surface area contributed by atoms with E-state index in [4.69, 9.17) is 4.42 Å². The summed E-state index contributed by atoms with van der Waals surface area (Å²) in [5, 5.41) is 8.15. The quantitative estimate of drug-likeness (QED) is 0.643. The third-order valence-electron chi connectivity index (χ3n) is 5.28. The average Bonchev–Trinajstić information content (AvgIpc) is 3.28. The molecule has 4 rings (SSSR count). The van der Waals surface area contributed by atoms with Gasteiger partial charge in [-0.3, -0.25) is 9.78 Å². The Balaban J connectivity index is 1.46. The SMILES string of the molecule is CCc1nnc(N2CCN(C(=O)C(Cc3cccnc3)c3ccccc3)CC2)o1. The fourth-order valence-corrected chi connectivity index (χ4v) is 3.64. The van der Waals surface area contributed by atoms with Gasteiger partial charge in [-0.05, 0) is 23.6 Å². The molecule has 0 saturated carbocycles. The van der Waals surface area contributed by atoms with E-state index in [1.165, 1.54) is 0 Å². The summed E-state index contributed by atoms with van der Waals surface area (Å²) in [4.78, 5) is 21.6. The van der Waals surface area contributed by atoms with Gasteiger partial charge in [-0.15, -0.1) is 5.10 Å². The molecule has 0 bridgehead atoms. The van der Waals surface area contributed by atoms with Crippen molar-refractivity contribution in [1.82, 2.24) is 20.1 Å². The number of nitrogens with zero attached hydrogens (tertiary/aromatic N) is 5. The van der Waals surface area contributed by atoms with E-state index in [2.05, 4.69) is 20.1 Å². The Bertz CT molecular complexity index is 921. The van der Waals surface area contributed by atoms with E-state index < -0.39 is 0 Å². The van der Waals surface area contributed by atoms with Crippen LogP contribution in [0.3, 0.4) is 0 Å². The second-order valence-electron chi connectivity index (χ2n) is 7.17. The zero-order valence-corrected chi connectivity index (χ0v) is 16.6. The lowest BCUT2D eigenvalue weighted by Crippen LogP contribution is -2.50. The minimum atomic E-state index is -0.220. The summed E-state index contributed by atoms with van der Waals surface area (Å²) in [5.41, 5.74) is 2.10. The fourth-order valence-electron chi connectivity index (χ4n) is 3.64. The number of hydrogen-bond acceptors (Lipinski definition) is 6. The van der Waals surface area contributed by atoms with Crippen molar-refractivity contribution < 1.29 is 9.21 Å². The maximum absolute atomic E-state index is 13.4. The number of rotatable bonds is 6. The Labute approximate surface area is 170 Å². The van der Waals surface area contributed by atoms with Crippen LogP contribution in [0.15, 0.2) is 59.3 Å². The number of benzene rings is 1. The number of anilines is 1. The lowest BCUT2D eigenvalue weighted by atomic mass is 9.91. The van der Waals surface area contributed by atoms with E-state index in [1.54, 1.807) is 6.20 Å². The lowest BCUT2D eigenvalue weighted by Gasteiger charge is -2.35. The Kier molecular flexibility index (Phi) is 5.84. The number of aromatic nitrogens is 3. The molecule has 3 heterocycles. The Morgan fingerprint density at radius 3 is 2.52 bits per heavy atom. The molecule has 3 aromatic rings. The van der Waals surface area contributed by atoms with Crippen LogP contribution in [0.1, 0.15) is 29.9 Å². The number of hydrogen-bond donors (Lipinski definition) is 0. The predicted molar refractivity (Wildman–Crippen MR) is 110 cm³/mol. The van der Waals surface area contributed by atoms with Gasteiger partial charge in [0.05, 0.1) is 5.92 Å². The zero-order chi connectivity index (χ0) is 20.1. The Hall–Kier alpha value is -3.22. The molecule has 7 heteroatoms. The monoisotopic (exact) mass is 391 g/mol. The zero-order valence-electron chi connectivity index (χ0n) is 16.6. The smallest absolute Gasteiger partial charge is 0.318 e. The molecule has 29 heavy (non-hydrogen) atoms. The molecular formula is C22H25N5O2. The van der Waals surface area contributed by atoms with Crippen LogP contribution in [-0.2, 0) is 17.6 Å². The molecule has 2 aromatic heterocycles. The summed E-state index contributed by atoms with van der Waals surface area (Å²) in [5.74, 6) is 0.570. The van der Waals surface area contributed by atoms with Gasteiger partial charge >= 0.3 is 6.01 Å². The molecule has 1 saturated heterocycles. The topological polar surface area (TPSA) is 75.4 Å². The first-order valence-electron chi connectivity index (χ1n) is 10.0. The van der Waals surface area contributed by atoms with Crippen molar-refractivity contribution in [3.05, 3.63) is 71.9 Å². The van der Waals surface area contributed by atoms with Gasteiger partial charge in [-0.1, -0.05) is 48.4 Å². The highest BCUT2D eigenvalue weighted by Gasteiger charge is 2.30. The van der Waals surface area contributed by atoms with Gasteiger partial charge < -0.3 is 14.2 Å². The van der Waals surface area contributed by atoms with E-state index in [-0.39, 0.29) is 11.8 Å². The molecule has 0 N–H and O–H groups in total. The summed E-state index contributed by atoms with van der Waals surface area (Å²) in [7, 11) is 0. The highest BCUT2D eigenvalue weighted by atomic mass is 16.4. The molecule has 1 fully saturated rings. The van der Waals surface area contributed by atoms with E-state index in [1.807, 2.05) is 60.5 Å². The second kappa shape index (κ2) is 8.86. The molecule has 0 spiro atoms. The summed E-state index contributed by atoms with van der Waals surface area (Å²) in [6.45, 7) is 4.63. The van der Waals surface area contributed by atoms with Crippen molar-refractivity contribution in [3.63, 3.8) is 0 Å². The molecule has 1 atom stereocenters. The Morgan fingerprint density at radius 2 is 1.86 bits per heavy atom. The molecule has 0 radical (unpaired) electrons. The minimum Gasteiger partial charge on any atom is -0.408 e. The van der Waals surface area contributed by atoms with Crippen molar-refractivity contribution >= 4 is 11.9 Å². The van der Waals surface area contributed by atoms with Gasteiger partial charge in [0.1, 0.15) is 0 Å². The molecule has 150 valence electrons. The molecular weight excluding hydrogens is 366 g/mol. The van der Waals surface area contributed by atoms with Crippen LogP contribution >= 0.6 is 0 Å². The lowest BCUT2D eigenvalue weighted by molar-refractivity contribution is -0.133. The van der Waals surface area contributed by atoms with Gasteiger partial charge in [0.2, 0.25) is 11.8 Å². The highest BCUT2D eigenvalue weighted by Crippen LogP contribution is 2.25. The van der Waals surface area contributed by atoms with Crippen molar-refractivity contribution in [1.29, 1.82) is 0 Å². The van der Waals surface area contributed by atoms with E-state index >= 15 is 0 Å². The second-order valence-corrected chi connectivity index (χ2v) is 7.17. The Morgan fingerprint density at radius 1 is 1.07 bits per heavy atom. The van der Waals surface area contributed by atoms with Crippen LogP contribution in [0.2, 0.25) is 0 Å². The number of amides is 1. The van der Waals surface area contributed by atoms with Crippen LogP contribution in [0.5, 0.6) is 0 Å². The summed E-state index contributed by atoms with van der Waals surface area (Å²) >= 11 is 0. The van der Waals surface area contributed by atoms with E-state index in [9.17, 15) is 4.79 Å². The van der Waals surface area contributed by atoms with Crippen LogP contribution < -0.4 is 4.90 Å². The summed E-state index contributed by atoms with van der Waals surface area (Å²) in [6.07, 6.45) is 4.95. The molecule has 1 unspecified atom stereocenters. The van der Waals surface area contributed by atoms with Crippen LogP contribution in [0, 0.1) is 0 Å². The molecule has 1 aliphatic rings. The maximum Gasteiger partial charge on any atom is 0.318 e. The number of pyridine rings is 1. The van der Waals surface area contributed by atoms with E-state index in [0.29, 0.717) is 44.5 Å². The first-order chi connectivity index (χ1) is 14.2. The van der Waals surface area contributed by atoms with Gasteiger partial charge in [0.15, 0.2) is 0 Å². The normalized spacial score (nSPS) is 15.3. The van der Waals surface area contributed by atoms with Crippen molar-refractivity contribution in [3.8, 4) is 0 Å². The van der Waals surface area contributed by atoms with Gasteiger partial charge in [0.25, 0.3) is 0 Å².